The number of anilines is 1. The Hall–Kier alpha value is -2.27. The van der Waals surface area contributed by atoms with Gasteiger partial charge in [0.15, 0.2) is 0 Å². The highest BCUT2D eigenvalue weighted by molar-refractivity contribution is 6.29. The van der Waals surface area contributed by atoms with Crippen LogP contribution in [0.25, 0.3) is 0 Å². The Balaban J connectivity index is 1.71. The minimum atomic E-state index is -0.210. The maximum atomic E-state index is 12.3. The molecule has 1 aromatic carbocycles. The second-order valence-corrected chi connectivity index (χ2v) is 5.97. The van der Waals surface area contributed by atoms with E-state index in [-0.39, 0.29) is 11.7 Å². The van der Waals surface area contributed by atoms with Gasteiger partial charge < -0.3 is 15.3 Å². The summed E-state index contributed by atoms with van der Waals surface area (Å²) in [5, 5.41) is 12.6. The van der Waals surface area contributed by atoms with Crippen LogP contribution in [0.1, 0.15) is 28.8 Å². The number of aromatic nitrogens is 1. The van der Waals surface area contributed by atoms with Crippen molar-refractivity contribution in [2.45, 2.75) is 19.4 Å². The van der Waals surface area contributed by atoms with Crippen molar-refractivity contribution in [2.75, 3.05) is 18.0 Å². The highest BCUT2D eigenvalue weighted by atomic mass is 35.5. The SMILES string of the molecule is O=C(NCc1cccc(O)c1)c1cc(Cl)nc(N2CCCC2)c1. The van der Waals surface area contributed by atoms with Gasteiger partial charge in [-0.2, -0.15) is 0 Å². The van der Waals surface area contributed by atoms with Crippen molar-refractivity contribution < 1.29 is 9.90 Å². The molecule has 1 aromatic heterocycles. The van der Waals surface area contributed by atoms with E-state index < -0.39 is 0 Å². The molecule has 1 saturated heterocycles. The maximum absolute atomic E-state index is 12.3. The fourth-order valence-electron chi connectivity index (χ4n) is 2.67. The van der Waals surface area contributed by atoms with Gasteiger partial charge in [-0.15, -0.1) is 0 Å². The summed E-state index contributed by atoms with van der Waals surface area (Å²) in [5.41, 5.74) is 1.32. The van der Waals surface area contributed by atoms with Crippen LogP contribution in [-0.2, 0) is 6.54 Å². The predicted molar refractivity (Wildman–Crippen MR) is 90.0 cm³/mol. The van der Waals surface area contributed by atoms with Crippen molar-refractivity contribution in [3.05, 3.63) is 52.7 Å². The molecule has 3 rings (SSSR count). The number of pyridine rings is 1. The molecule has 0 aliphatic carbocycles. The molecular weight excluding hydrogens is 314 g/mol. The quantitative estimate of drug-likeness (QED) is 0.845. The smallest absolute Gasteiger partial charge is 0.251 e. The van der Waals surface area contributed by atoms with Gasteiger partial charge in [0.2, 0.25) is 0 Å². The molecule has 0 unspecified atom stereocenters. The number of carbonyl (C=O) groups is 1. The van der Waals surface area contributed by atoms with Crippen LogP contribution in [0.4, 0.5) is 5.82 Å². The topological polar surface area (TPSA) is 65.5 Å². The van der Waals surface area contributed by atoms with E-state index in [1.54, 1.807) is 30.3 Å². The van der Waals surface area contributed by atoms with Crippen LogP contribution in [-0.4, -0.2) is 29.1 Å². The number of nitrogens with one attached hydrogen (secondary N) is 1. The Kier molecular flexibility index (Phi) is 4.67. The van der Waals surface area contributed by atoms with E-state index in [1.165, 1.54) is 0 Å². The molecule has 2 aromatic rings. The lowest BCUT2D eigenvalue weighted by Gasteiger charge is -2.17. The molecule has 120 valence electrons. The molecule has 0 bridgehead atoms. The lowest BCUT2D eigenvalue weighted by atomic mass is 10.2. The fourth-order valence-corrected chi connectivity index (χ4v) is 2.88. The summed E-state index contributed by atoms with van der Waals surface area (Å²) in [4.78, 5) is 18.8. The molecule has 23 heavy (non-hydrogen) atoms. The fraction of sp³-hybridized carbons (Fsp3) is 0.294. The van der Waals surface area contributed by atoms with Crippen LogP contribution in [0.15, 0.2) is 36.4 Å². The zero-order valence-electron chi connectivity index (χ0n) is 12.6. The van der Waals surface area contributed by atoms with Crippen molar-refractivity contribution in [1.82, 2.24) is 10.3 Å². The van der Waals surface area contributed by atoms with Gasteiger partial charge in [-0.25, -0.2) is 4.98 Å². The standard InChI is InChI=1S/C17H18ClN3O2/c18-15-9-13(10-16(20-15)21-6-1-2-7-21)17(23)19-11-12-4-3-5-14(22)8-12/h3-5,8-10,22H,1-2,6-7,11H2,(H,19,23). The van der Waals surface area contributed by atoms with E-state index in [0.717, 1.165) is 37.3 Å². The Labute approximate surface area is 139 Å². The summed E-state index contributed by atoms with van der Waals surface area (Å²) in [7, 11) is 0. The zero-order chi connectivity index (χ0) is 16.2. The van der Waals surface area contributed by atoms with Gasteiger partial charge in [0.25, 0.3) is 5.91 Å². The van der Waals surface area contributed by atoms with Crippen LogP contribution >= 0.6 is 11.6 Å². The van der Waals surface area contributed by atoms with Crippen LogP contribution in [0.2, 0.25) is 5.15 Å². The molecular formula is C17H18ClN3O2. The van der Waals surface area contributed by atoms with Gasteiger partial charge in [0.1, 0.15) is 16.7 Å². The van der Waals surface area contributed by atoms with E-state index in [9.17, 15) is 9.90 Å². The number of hydrogen-bond donors (Lipinski definition) is 2. The van der Waals surface area contributed by atoms with Crippen molar-refractivity contribution >= 4 is 23.3 Å². The number of phenolic OH excluding ortho intramolecular Hbond substituents is 1. The predicted octanol–water partition coefficient (Wildman–Crippen LogP) is 2.97. The van der Waals surface area contributed by atoms with Crippen molar-refractivity contribution in [2.24, 2.45) is 0 Å². The Bertz CT molecular complexity index is 715. The molecule has 0 saturated carbocycles. The first-order valence-corrected chi connectivity index (χ1v) is 7.98. The third-order valence-electron chi connectivity index (χ3n) is 3.84. The average Bonchev–Trinajstić information content (AvgIpc) is 3.06. The number of benzene rings is 1. The summed E-state index contributed by atoms with van der Waals surface area (Å²) >= 11 is 6.06. The Morgan fingerprint density at radius 3 is 2.78 bits per heavy atom. The van der Waals surface area contributed by atoms with E-state index in [4.69, 9.17) is 11.6 Å². The Morgan fingerprint density at radius 1 is 1.26 bits per heavy atom. The number of aromatic hydroxyl groups is 1. The van der Waals surface area contributed by atoms with Crippen LogP contribution in [0, 0.1) is 0 Å². The molecule has 1 aliphatic heterocycles. The number of nitrogens with zero attached hydrogens (tertiary/aromatic N) is 2. The largest absolute Gasteiger partial charge is 0.508 e. The Morgan fingerprint density at radius 2 is 2.04 bits per heavy atom. The molecule has 6 heteroatoms. The molecule has 0 radical (unpaired) electrons. The first kappa shape index (κ1) is 15.6. The zero-order valence-corrected chi connectivity index (χ0v) is 13.4. The maximum Gasteiger partial charge on any atom is 0.251 e. The molecule has 5 nitrogen and oxygen atoms in total. The van der Waals surface area contributed by atoms with Crippen molar-refractivity contribution in [3.8, 4) is 5.75 Å². The number of halogens is 1. The van der Waals surface area contributed by atoms with Gasteiger partial charge in [0, 0.05) is 25.2 Å². The monoisotopic (exact) mass is 331 g/mol. The van der Waals surface area contributed by atoms with Gasteiger partial charge in [0.05, 0.1) is 0 Å². The summed E-state index contributed by atoms with van der Waals surface area (Å²) in [6.45, 7) is 2.22. The third kappa shape index (κ3) is 3.93. The van der Waals surface area contributed by atoms with Gasteiger partial charge in [-0.3, -0.25) is 4.79 Å². The van der Waals surface area contributed by atoms with E-state index in [2.05, 4.69) is 15.2 Å². The van der Waals surface area contributed by atoms with Crippen LogP contribution in [0.3, 0.4) is 0 Å². The summed E-state index contributed by atoms with van der Waals surface area (Å²) in [6.07, 6.45) is 2.26. The highest BCUT2D eigenvalue weighted by Crippen LogP contribution is 2.22. The average molecular weight is 332 g/mol. The van der Waals surface area contributed by atoms with E-state index in [1.807, 2.05) is 6.07 Å². The number of carbonyl (C=O) groups excluding carboxylic acids is 1. The number of phenols is 1. The molecule has 0 spiro atoms. The molecule has 1 amide bonds. The van der Waals surface area contributed by atoms with E-state index >= 15 is 0 Å². The summed E-state index contributed by atoms with van der Waals surface area (Å²) in [5.74, 6) is 0.718. The van der Waals surface area contributed by atoms with Gasteiger partial charge in [-0.05, 0) is 42.7 Å². The number of amides is 1. The minimum absolute atomic E-state index is 0.181. The molecule has 0 atom stereocenters. The third-order valence-corrected chi connectivity index (χ3v) is 4.03. The van der Waals surface area contributed by atoms with Crippen LogP contribution in [0.5, 0.6) is 5.75 Å². The van der Waals surface area contributed by atoms with Gasteiger partial charge >= 0.3 is 0 Å². The second-order valence-electron chi connectivity index (χ2n) is 5.58. The van der Waals surface area contributed by atoms with E-state index in [0.29, 0.717) is 17.3 Å². The highest BCUT2D eigenvalue weighted by Gasteiger charge is 2.17. The second kappa shape index (κ2) is 6.87. The first-order chi connectivity index (χ1) is 11.1. The van der Waals surface area contributed by atoms with Crippen LogP contribution < -0.4 is 10.2 Å². The molecule has 2 N–H and O–H groups in total. The van der Waals surface area contributed by atoms with Gasteiger partial charge in [-0.1, -0.05) is 23.7 Å². The lowest BCUT2D eigenvalue weighted by molar-refractivity contribution is 0.0950. The minimum Gasteiger partial charge on any atom is -0.508 e. The van der Waals surface area contributed by atoms with Crippen molar-refractivity contribution in [1.29, 1.82) is 0 Å². The van der Waals surface area contributed by atoms with Crippen molar-refractivity contribution in [3.63, 3.8) is 0 Å². The number of rotatable bonds is 4. The first-order valence-electron chi connectivity index (χ1n) is 7.60. The summed E-state index contributed by atoms with van der Waals surface area (Å²) in [6, 6.07) is 10.1. The molecule has 2 heterocycles. The molecule has 1 aliphatic rings. The lowest BCUT2D eigenvalue weighted by Crippen LogP contribution is -2.24. The summed E-state index contributed by atoms with van der Waals surface area (Å²) < 4.78 is 0. The normalized spacial score (nSPS) is 14.0. The molecule has 1 fully saturated rings. The number of hydrogen-bond acceptors (Lipinski definition) is 4.